The van der Waals surface area contributed by atoms with Gasteiger partial charge in [-0.3, -0.25) is 0 Å². The van der Waals surface area contributed by atoms with Gasteiger partial charge in [-0.05, 0) is 31.2 Å². The van der Waals surface area contributed by atoms with Crippen molar-refractivity contribution in [3.63, 3.8) is 0 Å². The second kappa shape index (κ2) is 3.54. The monoisotopic (exact) mass is 188 g/mol. The predicted molar refractivity (Wildman–Crippen MR) is 55.0 cm³/mol. The minimum absolute atomic E-state index is 0.281. The number of nitrogens with zero attached hydrogens (tertiary/aromatic N) is 2. The zero-order valence-electron chi connectivity index (χ0n) is 8.01. The van der Waals surface area contributed by atoms with E-state index < -0.39 is 0 Å². The summed E-state index contributed by atoms with van der Waals surface area (Å²) in [4.78, 5) is 4.27. The number of aryl methyl sites for hydroxylation is 1. The van der Waals surface area contributed by atoms with Crippen LogP contribution in [0.4, 0.5) is 0 Å². The van der Waals surface area contributed by atoms with Crippen molar-refractivity contribution >= 4 is 0 Å². The highest BCUT2D eigenvalue weighted by Crippen LogP contribution is 2.19. The summed E-state index contributed by atoms with van der Waals surface area (Å²) in [5, 5.41) is 9.15. The first-order valence-corrected chi connectivity index (χ1v) is 4.62. The molecule has 1 aromatic carbocycles. The van der Waals surface area contributed by atoms with Crippen LogP contribution in [0.2, 0.25) is 0 Å². The van der Waals surface area contributed by atoms with Gasteiger partial charge < -0.3 is 9.67 Å². The van der Waals surface area contributed by atoms with Crippen molar-refractivity contribution < 1.29 is 5.11 Å². The lowest BCUT2D eigenvalue weighted by Crippen LogP contribution is -1.95. The summed E-state index contributed by atoms with van der Waals surface area (Å²) in [5.74, 6) is 1.22. The lowest BCUT2D eigenvalue weighted by molar-refractivity contribution is 0.475. The Bertz CT molecular complexity index is 417. The molecule has 0 unspecified atom stereocenters. The lowest BCUT2D eigenvalue weighted by atomic mass is 10.2. The third-order valence-electron chi connectivity index (χ3n) is 2.18. The zero-order chi connectivity index (χ0) is 9.97. The number of benzene rings is 1. The molecule has 0 spiro atoms. The maximum Gasteiger partial charge on any atom is 0.139 e. The second-order valence-corrected chi connectivity index (χ2v) is 3.08. The van der Waals surface area contributed by atoms with Crippen molar-refractivity contribution in [1.29, 1.82) is 0 Å². The van der Waals surface area contributed by atoms with Crippen LogP contribution in [-0.2, 0) is 6.54 Å². The fourth-order valence-corrected chi connectivity index (χ4v) is 1.44. The molecule has 72 valence electrons. The molecule has 0 amide bonds. The first-order chi connectivity index (χ1) is 6.81. The van der Waals surface area contributed by atoms with Crippen LogP contribution in [0.1, 0.15) is 6.92 Å². The van der Waals surface area contributed by atoms with Crippen molar-refractivity contribution in [2.24, 2.45) is 0 Å². The summed E-state index contributed by atoms with van der Waals surface area (Å²) >= 11 is 0. The van der Waals surface area contributed by atoms with Gasteiger partial charge in [-0.25, -0.2) is 4.98 Å². The van der Waals surface area contributed by atoms with Gasteiger partial charge in [0.25, 0.3) is 0 Å². The van der Waals surface area contributed by atoms with E-state index in [0.29, 0.717) is 0 Å². The van der Waals surface area contributed by atoms with Crippen LogP contribution >= 0.6 is 0 Å². The molecule has 1 aromatic heterocycles. The average Bonchev–Trinajstić information content (AvgIpc) is 2.67. The molecule has 1 N–H and O–H groups in total. The van der Waals surface area contributed by atoms with Gasteiger partial charge in [0.15, 0.2) is 0 Å². The van der Waals surface area contributed by atoms with E-state index >= 15 is 0 Å². The molecule has 3 nitrogen and oxygen atoms in total. The van der Waals surface area contributed by atoms with Crippen LogP contribution < -0.4 is 0 Å². The molecule has 0 bridgehead atoms. The van der Waals surface area contributed by atoms with E-state index in [9.17, 15) is 0 Å². The van der Waals surface area contributed by atoms with Crippen LogP contribution in [0, 0.1) is 0 Å². The summed E-state index contributed by atoms with van der Waals surface area (Å²) in [5.41, 5.74) is 1.02. The van der Waals surface area contributed by atoms with Gasteiger partial charge in [0, 0.05) is 24.5 Å². The van der Waals surface area contributed by atoms with Crippen LogP contribution in [0.15, 0.2) is 36.7 Å². The summed E-state index contributed by atoms with van der Waals surface area (Å²) < 4.78 is 2.06. The topological polar surface area (TPSA) is 38.0 Å². The molecule has 0 radical (unpaired) electrons. The molecule has 1 heterocycles. The Hall–Kier alpha value is -1.77. The lowest BCUT2D eigenvalue weighted by Gasteiger charge is -2.04. The normalized spacial score (nSPS) is 10.4. The molecular weight excluding hydrogens is 176 g/mol. The van der Waals surface area contributed by atoms with Crippen molar-refractivity contribution in [3.8, 4) is 17.1 Å². The Kier molecular flexibility index (Phi) is 2.23. The van der Waals surface area contributed by atoms with Gasteiger partial charge in [-0.15, -0.1) is 0 Å². The number of phenolic OH excluding ortho intramolecular Hbond substituents is 1. The standard InChI is InChI=1S/C11H12N2O/c1-2-13-8-7-12-11(13)9-3-5-10(14)6-4-9/h3-8,14H,2H2,1H3. The molecule has 0 atom stereocenters. The highest BCUT2D eigenvalue weighted by molar-refractivity contribution is 5.56. The summed E-state index contributed by atoms with van der Waals surface area (Å²) in [6, 6.07) is 7.07. The van der Waals surface area contributed by atoms with E-state index in [2.05, 4.69) is 16.5 Å². The van der Waals surface area contributed by atoms with Crippen LogP contribution in [0.25, 0.3) is 11.4 Å². The Morgan fingerprint density at radius 1 is 1.29 bits per heavy atom. The Morgan fingerprint density at radius 3 is 2.64 bits per heavy atom. The fourth-order valence-electron chi connectivity index (χ4n) is 1.44. The third kappa shape index (κ3) is 1.48. The molecule has 14 heavy (non-hydrogen) atoms. The number of imidazole rings is 1. The zero-order valence-corrected chi connectivity index (χ0v) is 8.01. The van der Waals surface area contributed by atoms with Crippen molar-refractivity contribution in [3.05, 3.63) is 36.7 Å². The van der Waals surface area contributed by atoms with E-state index in [0.717, 1.165) is 17.9 Å². The molecular formula is C11H12N2O. The smallest absolute Gasteiger partial charge is 0.139 e. The molecule has 2 aromatic rings. The number of hydrogen-bond acceptors (Lipinski definition) is 2. The molecule has 0 aliphatic carbocycles. The van der Waals surface area contributed by atoms with Crippen molar-refractivity contribution in [1.82, 2.24) is 9.55 Å². The molecule has 0 saturated carbocycles. The number of aromatic nitrogens is 2. The summed E-state index contributed by atoms with van der Waals surface area (Å²) in [6.45, 7) is 2.97. The molecule has 0 fully saturated rings. The Labute approximate surface area is 82.7 Å². The van der Waals surface area contributed by atoms with E-state index in [-0.39, 0.29) is 5.75 Å². The SMILES string of the molecule is CCn1ccnc1-c1ccc(O)cc1. The van der Waals surface area contributed by atoms with E-state index in [1.165, 1.54) is 0 Å². The minimum atomic E-state index is 0.281. The van der Waals surface area contributed by atoms with Gasteiger partial charge >= 0.3 is 0 Å². The fraction of sp³-hybridized carbons (Fsp3) is 0.182. The first-order valence-electron chi connectivity index (χ1n) is 4.62. The van der Waals surface area contributed by atoms with Gasteiger partial charge in [0.1, 0.15) is 11.6 Å². The third-order valence-corrected chi connectivity index (χ3v) is 2.18. The summed E-state index contributed by atoms with van der Waals surface area (Å²) in [7, 11) is 0. The molecule has 3 heteroatoms. The molecule has 0 saturated heterocycles. The molecule has 2 rings (SSSR count). The maximum atomic E-state index is 9.15. The number of phenols is 1. The predicted octanol–water partition coefficient (Wildman–Crippen LogP) is 2.28. The van der Waals surface area contributed by atoms with Gasteiger partial charge in [-0.1, -0.05) is 0 Å². The number of aromatic hydroxyl groups is 1. The van der Waals surface area contributed by atoms with Crippen molar-refractivity contribution in [2.75, 3.05) is 0 Å². The number of hydrogen-bond donors (Lipinski definition) is 1. The first kappa shape index (κ1) is 8.81. The largest absolute Gasteiger partial charge is 0.508 e. The van der Waals surface area contributed by atoms with Gasteiger partial charge in [0.05, 0.1) is 0 Å². The highest BCUT2D eigenvalue weighted by Gasteiger charge is 2.03. The van der Waals surface area contributed by atoms with Crippen LogP contribution in [0.3, 0.4) is 0 Å². The summed E-state index contributed by atoms with van der Waals surface area (Å²) in [6.07, 6.45) is 3.73. The highest BCUT2D eigenvalue weighted by atomic mass is 16.3. The van der Waals surface area contributed by atoms with E-state index in [1.54, 1.807) is 18.3 Å². The Balaban J connectivity index is 2.44. The minimum Gasteiger partial charge on any atom is -0.508 e. The average molecular weight is 188 g/mol. The van der Waals surface area contributed by atoms with E-state index in [1.807, 2.05) is 18.3 Å². The second-order valence-electron chi connectivity index (χ2n) is 3.08. The van der Waals surface area contributed by atoms with Crippen molar-refractivity contribution in [2.45, 2.75) is 13.5 Å². The molecule has 0 aliphatic heterocycles. The molecule has 0 aliphatic rings. The Morgan fingerprint density at radius 2 is 2.00 bits per heavy atom. The van der Waals surface area contributed by atoms with Gasteiger partial charge in [-0.2, -0.15) is 0 Å². The quantitative estimate of drug-likeness (QED) is 0.785. The van der Waals surface area contributed by atoms with Crippen LogP contribution in [0.5, 0.6) is 5.75 Å². The van der Waals surface area contributed by atoms with E-state index in [4.69, 9.17) is 5.11 Å². The number of rotatable bonds is 2. The van der Waals surface area contributed by atoms with Crippen LogP contribution in [-0.4, -0.2) is 14.7 Å². The maximum absolute atomic E-state index is 9.15. The van der Waals surface area contributed by atoms with Gasteiger partial charge in [0.2, 0.25) is 0 Å².